The van der Waals surface area contributed by atoms with Gasteiger partial charge in [0.15, 0.2) is 5.43 Å². The Balaban J connectivity index is 1.66. The molecule has 31 heavy (non-hydrogen) atoms. The molecule has 0 saturated heterocycles. The fourth-order valence-corrected chi connectivity index (χ4v) is 4.48. The van der Waals surface area contributed by atoms with Gasteiger partial charge in [-0.15, -0.1) is 0 Å². The summed E-state index contributed by atoms with van der Waals surface area (Å²) in [6.07, 6.45) is 0.647. The maximum Gasteiger partial charge on any atom is 0.290 e. The number of aromatic hydroxyl groups is 1. The Bertz CT molecular complexity index is 1350. The number of phenolic OH excluding ortho intramolecular Hbond substituents is 1. The van der Waals surface area contributed by atoms with Gasteiger partial charge in [-0.3, -0.25) is 9.59 Å². The Morgan fingerprint density at radius 2 is 1.71 bits per heavy atom. The van der Waals surface area contributed by atoms with Crippen LogP contribution in [0.3, 0.4) is 0 Å². The Morgan fingerprint density at radius 1 is 0.968 bits per heavy atom. The molecule has 1 aromatic heterocycles. The lowest BCUT2D eigenvalue weighted by Crippen LogP contribution is -2.31. The molecule has 1 amide bonds. The number of phenols is 1. The largest absolute Gasteiger partial charge is 0.508 e. The molecule has 2 heterocycles. The number of benzene rings is 3. The lowest BCUT2D eigenvalue weighted by Gasteiger charge is -2.25. The summed E-state index contributed by atoms with van der Waals surface area (Å²) in [7, 11) is 0. The molecule has 1 N–H and O–H groups in total. The third-order valence-electron chi connectivity index (χ3n) is 5.62. The van der Waals surface area contributed by atoms with Gasteiger partial charge in [-0.1, -0.05) is 58.4 Å². The average Bonchev–Trinajstić information content (AvgIpc) is 3.06. The standard InChI is InChI=1S/C25H18BrNO4/c26-17-8-11-20-19(14-17)23(29)21-22(16-6-9-18(28)10-7-16)27(25(30)24(21)31-20)13-12-15-4-2-1-3-5-15/h1-11,14,22,28H,12-13H2. The van der Waals surface area contributed by atoms with Crippen molar-refractivity contribution in [2.45, 2.75) is 12.5 Å². The van der Waals surface area contributed by atoms with Crippen LogP contribution in [0.2, 0.25) is 0 Å². The van der Waals surface area contributed by atoms with Crippen LogP contribution in [0.25, 0.3) is 11.0 Å². The number of hydrogen-bond acceptors (Lipinski definition) is 4. The first-order chi connectivity index (χ1) is 15.0. The van der Waals surface area contributed by atoms with Crippen LogP contribution in [0.1, 0.15) is 33.3 Å². The highest BCUT2D eigenvalue weighted by atomic mass is 79.9. The molecule has 5 rings (SSSR count). The van der Waals surface area contributed by atoms with E-state index in [9.17, 15) is 14.7 Å². The molecule has 0 saturated carbocycles. The first-order valence-electron chi connectivity index (χ1n) is 9.93. The fraction of sp³-hybridized carbons (Fsp3) is 0.120. The van der Waals surface area contributed by atoms with Crippen LogP contribution in [0.15, 0.2) is 86.5 Å². The summed E-state index contributed by atoms with van der Waals surface area (Å²) in [5.41, 5.74) is 2.36. The first-order valence-corrected chi connectivity index (χ1v) is 10.7. The zero-order valence-electron chi connectivity index (χ0n) is 16.4. The summed E-state index contributed by atoms with van der Waals surface area (Å²) in [5, 5.41) is 10.2. The molecular weight excluding hydrogens is 458 g/mol. The second-order valence-corrected chi connectivity index (χ2v) is 8.46. The quantitative estimate of drug-likeness (QED) is 0.448. The number of rotatable bonds is 4. The van der Waals surface area contributed by atoms with Crippen molar-refractivity contribution in [2.75, 3.05) is 6.54 Å². The Kier molecular flexibility index (Phi) is 4.87. The van der Waals surface area contributed by atoms with Crippen molar-refractivity contribution in [1.29, 1.82) is 0 Å². The molecular formula is C25H18BrNO4. The number of nitrogens with zero attached hydrogens (tertiary/aromatic N) is 1. The molecule has 6 heteroatoms. The predicted molar refractivity (Wildman–Crippen MR) is 121 cm³/mol. The second-order valence-electron chi connectivity index (χ2n) is 7.54. The monoisotopic (exact) mass is 475 g/mol. The van der Waals surface area contributed by atoms with Gasteiger partial charge in [0.2, 0.25) is 5.76 Å². The van der Waals surface area contributed by atoms with Crippen LogP contribution in [0.4, 0.5) is 0 Å². The van der Waals surface area contributed by atoms with E-state index in [0.717, 1.165) is 15.6 Å². The highest BCUT2D eigenvalue weighted by Gasteiger charge is 2.42. The maximum absolute atomic E-state index is 13.5. The summed E-state index contributed by atoms with van der Waals surface area (Å²) in [6, 6.07) is 21.1. The van der Waals surface area contributed by atoms with Crippen LogP contribution >= 0.6 is 15.9 Å². The molecule has 5 nitrogen and oxygen atoms in total. The molecule has 1 atom stereocenters. The highest BCUT2D eigenvalue weighted by Crippen LogP contribution is 2.38. The van der Waals surface area contributed by atoms with Crippen molar-refractivity contribution in [3.05, 3.63) is 110 Å². The normalized spacial score (nSPS) is 15.5. The molecule has 1 aliphatic rings. The number of hydrogen-bond donors (Lipinski definition) is 1. The fourth-order valence-electron chi connectivity index (χ4n) is 4.12. The Morgan fingerprint density at radius 3 is 2.45 bits per heavy atom. The maximum atomic E-state index is 13.5. The van der Waals surface area contributed by atoms with Crippen LogP contribution in [0, 0.1) is 0 Å². The average molecular weight is 476 g/mol. The zero-order chi connectivity index (χ0) is 21.5. The minimum absolute atomic E-state index is 0.0889. The number of carbonyl (C=O) groups is 1. The van der Waals surface area contributed by atoms with Gasteiger partial charge in [-0.25, -0.2) is 0 Å². The molecule has 154 valence electrons. The SMILES string of the molecule is O=C1c2oc3ccc(Br)cc3c(=O)c2C(c2ccc(O)cc2)N1CCc1ccccc1. The van der Waals surface area contributed by atoms with E-state index in [0.29, 0.717) is 29.5 Å². The van der Waals surface area contributed by atoms with E-state index in [2.05, 4.69) is 15.9 Å². The summed E-state index contributed by atoms with van der Waals surface area (Å²) in [4.78, 5) is 28.5. The number of fused-ring (bicyclic) bond motifs is 2. The van der Waals surface area contributed by atoms with Gasteiger partial charge in [0, 0.05) is 11.0 Å². The Labute approximate surface area is 186 Å². The highest BCUT2D eigenvalue weighted by molar-refractivity contribution is 9.10. The van der Waals surface area contributed by atoms with Crippen molar-refractivity contribution in [3.63, 3.8) is 0 Å². The van der Waals surface area contributed by atoms with E-state index in [-0.39, 0.29) is 22.8 Å². The van der Waals surface area contributed by atoms with Gasteiger partial charge >= 0.3 is 0 Å². The van der Waals surface area contributed by atoms with Crippen molar-refractivity contribution >= 4 is 32.8 Å². The van der Waals surface area contributed by atoms with E-state index in [1.807, 2.05) is 30.3 Å². The molecule has 4 aromatic rings. The summed E-state index contributed by atoms with van der Waals surface area (Å²) in [6.45, 7) is 0.429. The van der Waals surface area contributed by atoms with Gasteiger partial charge in [-0.2, -0.15) is 0 Å². The smallest absolute Gasteiger partial charge is 0.290 e. The van der Waals surface area contributed by atoms with Crippen LogP contribution in [0.5, 0.6) is 5.75 Å². The number of halogens is 1. The molecule has 0 radical (unpaired) electrons. The van der Waals surface area contributed by atoms with Crippen molar-refractivity contribution in [3.8, 4) is 5.75 Å². The van der Waals surface area contributed by atoms with Gasteiger partial charge in [0.25, 0.3) is 5.91 Å². The van der Waals surface area contributed by atoms with Gasteiger partial charge in [0.05, 0.1) is 17.0 Å². The van der Waals surface area contributed by atoms with E-state index >= 15 is 0 Å². The van der Waals surface area contributed by atoms with Crippen LogP contribution < -0.4 is 5.43 Å². The van der Waals surface area contributed by atoms with Crippen LogP contribution in [-0.4, -0.2) is 22.5 Å². The molecule has 0 fully saturated rings. The van der Waals surface area contributed by atoms with Gasteiger partial charge in [-0.05, 0) is 47.9 Å². The van der Waals surface area contributed by atoms with Crippen molar-refractivity contribution in [2.24, 2.45) is 0 Å². The van der Waals surface area contributed by atoms with E-state index in [4.69, 9.17) is 4.42 Å². The summed E-state index contributed by atoms with van der Waals surface area (Å²) in [5.74, 6) is -0.0875. The molecule has 0 aliphatic carbocycles. The zero-order valence-corrected chi connectivity index (χ0v) is 18.0. The molecule has 1 unspecified atom stereocenters. The number of amides is 1. The van der Waals surface area contributed by atoms with Crippen molar-refractivity contribution in [1.82, 2.24) is 4.90 Å². The Hall–Kier alpha value is -3.38. The van der Waals surface area contributed by atoms with Crippen molar-refractivity contribution < 1.29 is 14.3 Å². The van der Waals surface area contributed by atoms with Gasteiger partial charge in [0.1, 0.15) is 11.3 Å². The van der Waals surface area contributed by atoms with Crippen LogP contribution in [-0.2, 0) is 6.42 Å². The van der Waals surface area contributed by atoms with E-state index in [1.165, 1.54) is 0 Å². The summed E-state index contributed by atoms with van der Waals surface area (Å²) < 4.78 is 6.71. The van der Waals surface area contributed by atoms with E-state index in [1.54, 1.807) is 47.4 Å². The molecule has 0 spiro atoms. The molecule has 1 aliphatic heterocycles. The lowest BCUT2D eigenvalue weighted by molar-refractivity contribution is 0.0730. The summed E-state index contributed by atoms with van der Waals surface area (Å²) >= 11 is 3.40. The minimum Gasteiger partial charge on any atom is -0.508 e. The first kappa shape index (κ1) is 19.6. The minimum atomic E-state index is -0.577. The third-order valence-corrected chi connectivity index (χ3v) is 6.11. The van der Waals surface area contributed by atoms with E-state index < -0.39 is 6.04 Å². The predicted octanol–water partition coefficient (Wildman–Crippen LogP) is 5.05. The van der Waals surface area contributed by atoms with Gasteiger partial charge < -0.3 is 14.4 Å². The topological polar surface area (TPSA) is 70.8 Å². The molecule has 3 aromatic carbocycles. The third kappa shape index (κ3) is 3.43. The second kappa shape index (κ2) is 7.71. The molecule has 0 bridgehead atoms. The lowest BCUT2D eigenvalue weighted by atomic mass is 9.98. The number of carbonyl (C=O) groups excluding carboxylic acids is 1.